The zero-order valence-electron chi connectivity index (χ0n) is 26.9. The molecule has 0 atom stereocenters. The molecule has 0 amide bonds. The van der Waals surface area contributed by atoms with Crippen molar-refractivity contribution in [2.24, 2.45) is 0 Å². The van der Waals surface area contributed by atoms with Crippen LogP contribution < -0.4 is 0 Å². The van der Waals surface area contributed by atoms with Crippen LogP contribution in [0.25, 0.3) is 109 Å². The fourth-order valence-electron chi connectivity index (χ4n) is 7.30. The number of benzene rings is 6. The van der Waals surface area contributed by atoms with Gasteiger partial charge in [-0.3, -0.25) is 4.98 Å². The van der Waals surface area contributed by atoms with E-state index in [0.717, 1.165) is 66.1 Å². The van der Waals surface area contributed by atoms with Crippen LogP contribution in [0, 0.1) is 0 Å². The first-order valence-corrected chi connectivity index (χ1v) is 17.5. The second-order valence-electron chi connectivity index (χ2n) is 12.6. The van der Waals surface area contributed by atoms with Gasteiger partial charge in [0, 0.05) is 70.8 Å². The van der Waals surface area contributed by atoms with Gasteiger partial charge in [0.15, 0.2) is 17.5 Å². The number of rotatable bonds is 4. The highest BCUT2D eigenvalue weighted by Gasteiger charge is 2.22. The van der Waals surface area contributed by atoms with E-state index in [2.05, 4.69) is 83.8 Å². The summed E-state index contributed by atoms with van der Waals surface area (Å²) in [5, 5.41) is 6.71. The molecule has 0 unspecified atom stereocenters. The monoisotopic (exact) mass is 672 g/mol. The van der Waals surface area contributed by atoms with E-state index in [4.69, 9.17) is 23.8 Å². The lowest BCUT2D eigenvalue weighted by molar-refractivity contribution is 0.668. The molecule has 0 spiro atoms. The molecule has 11 rings (SSSR count). The van der Waals surface area contributed by atoms with Crippen LogP contribution in [0.1, 0.15) is 0 Å². The number of furan rings is 2. The summed E-state index contributed by atoms with van der Waals surface area (Å²) in [4.78, 5) is 19.5. The minimum Gasteiger partial charge on any atom is -0.456 e. The van der Waals surface area contributed by atoms with Gasteiger partial charge in [0.1, 0.15) is 22.3 Å². The lowest BCUT2D eigenvalue weighted by atomic mass is 9.95. The number of aromatic nitrogens is 4. The van der Waals surface area contributed by atoms with E-state index >= 15 is 0 Å². The molecule has 5 aromatic heterocycles. The first kappa shape index (κ1) is 28.2. The summed E-state index contributed by atoms with van der Waals surface area (Å²) in [5.41, 5.74) is 7.83. The van der Waals surface area contributed by atoms with Crippen LogP contribution in [0.2, 0.25) is 0 Å². The molecular formula is C44H24N4O2S. The number of pyridine rings is 1. The van der Waals surface area contributed by atoms with Gasteiger partial charge in [-0.05, 0) is 54.1 Å². The van der Waals surface area contributed by atoms with Gasteiger partial charge in [0.05, 0.1) is 5.56 Å². The Bertz CT molecular complexity index is 3160. The molecule has 0 aliphatic rings. The fraction of sp³-hybridized carbons (Fsp3) is 0. The minimum atomic E-state index is 0.513. The summed E-state index contributed by atoms with van der Waals surface area (Å²) in [7, 11) is 0. The van der Waals surface area contributed by atoms with Crippen molar-refractivity contribution in [2.45, 2.75) is 0 Å². The molecule has 0 aliphatic heterocycles. The summed E-state index contributed by atoms with van der Waals surface area (Å²) in [6.45, 7) is 0. The van der Waals surface area contributed by atoms with Gasteiger partial charge in [-0.2, -0.15) is 0 Å². The van der Waals surface area contributed by atoms with Crippen LogP contribution in [0.15, 0.2) is 155 Å². The Morgan fingerprint density at radius 1 is 0.451 bits per heavy atom. The number of fused-ring (bicyclic) bond motifs is 9. The molecule has 7 heteroatoms. The predicted molar refractivity (Wildman–Crippen MR) is 207 cm³/mol. The van der Waals surface area contributed by atoms with E-state index in [-0.39, 0.29) is 0 Å². The van der Waals surface area contributed by atoms with Crippen LogP contribution in [-0.2, 0) is 0 Å². The van der Waals surface area contributed by atoms with Gasteiger partial charge in [-0.15, -0.1) is 11.3 Å². The summed E-state index contributed by atoms with van der Waals surface area (Å²) in [6.07, 6.45) is 3.52. The van der Waals surface area contributed by atoms with Crippen molar-refractivity contribution in [1.29, 1.82) is 0 Å². The summed E-state index contributed by atoms with van der Waals surface area (Å²) < 4.78 is 15.5. The largest absolute Gasteiger partial charge is 0.456 e. The smallest absolute Gasteiger partial charge is 0.167 e. The molecule has 0 N–H and O–H groups in total. The third kappa shape index (κ3) is 4.35. The molecular weight excluding hydrogens is 649 g/mol. The van der Waals surface area contributed by atoms with Crippen LogP contribution in [0.4, 0.5) is 0 Å². The second kappa shape index (κ2) is 10.9. The van der Waals surface area contributed by atoms with E-state index in [1.54, 1.807) is 12.4 Å². The fourth-order valence-corrected chi connectivity index (χ4v) is 8.53. The molecule has 51 heavy (non-hydrogen) atoms. The summed E-state index contributed by atoms with van der Waals surface area (Å²) in [6, 6.07) is 45.7. The Hall–Kier alpha value is -6.70. The number of para-hydroxylation sites is 2. The SMILES string of the molecule is c1cncc(-c2nc(-c3ccc4c(c3)oc3ccccc34)nc(-c3ccc(-c4cccc5c4sc4ccccc45)c4c3oc3ccccc34)n2)c1. The lowest BCUT2D eigenvalue weighted by Gasteiger charge is -2.11. The van der Waals surface area contributed by atoms with Crippen LogP contribution in [0.3, 0.4) is 0 Å². The standard InChI is InChI=1S/C44H24N4O2S/c1-4-15-35-27(10-1)28-19-18-25(23-37(28)49-35)42-46-43(26-9-8-22-45-24-26)48-44(47-42)34-21-20-30(39-33-12-2-5-16-36(33)50-40(34)39)32-14-7-13-31-29-11-3-6-17-38(29)51-41(31)32/h1-24H. The van der Waals surface area contributed by atoms with Gasteiger partial charge < -0.3 is 8.83 Å². The first-order chi connectivity index (χ1) is 25.3. The van der Waals surface area contributed by atoms with Gasteiger partial charge in [0.2, 0.25) is 0 Å². The van der Waals surface area contributed by atoms with E-state index in [0.29, 0.717) is 17.5 Å². The molecule has 238 valence electrons. The maximum atomic E-state index is 6.73. The van der Waals surface area contributed by atoms with Crippen molar-refractivity contribution in [1.82, 2.24) is 19.9 Å². The maximum Gasteiger partial charge on any atom is 0.167 e. The zero-order chi connectivity index (χ0) is 33.5. The van der Waals surface area contributed by atoms with E-state index in [1.807, 2.05) is 65.9 Å². The van der Waals surface area contributed by atoms with Crippen molar-refractivity contribution in [2.75, 3.05) is 0 Å². The maximum absolute atomic E-state index is 6.73. The Morgan fingerprint density at radius 3 is 2.02 bits per heavy atom. The quantitative estimate of drug-likeness (QED) is 0.185. The van der Waals surface area contributed by atoms with Crippen LogP contribution in [-0.4, -0.2) is 19.9 Å². The van der Waals surface area contributed by atoms with Crippen molar-refractivity contribution < 1.29 is 8.83 Å². The van der Waals surface area contributed by atoms with Gasteiger partial charge in [-0.25, -0.2) is 15.0 Å². The highest BCUT2D eigenvalue weighted by atomic mass is 32.1. The van der Waals surface area contributed by atoms with Crippen LogP contribution >= 0.6 is 11.3 Å². The first-order valence-electron chi connectivity index (χ1n) is 16.7. The topological polar surface area (TPSA) is 77.8 Å². The van der Waals surface area contributed by atoms with E-state index < -0.39 is 0 Å². The number of thiophene rings is 1. The average Bonchev–Trinajstić information content (AvgIpc) is 3.89. The molecule has 5 heterocycles. The van der Waals surface area contributed by atoms with E-state index in [1.165, 1.54) is 25.7 Å². The molecule has 11 aromatic rings. The van der Waals surface area contributed by atoms with Gasteiger partial charge >= 0.3 is 0 Å². The van der Waals surface area contributed by atoms with E-state index in [9.17, 15) is 0 Å². The van der Waals surface area contributed by atoms with Gasteiger partial charge in [-0.1, -0.05) is 84.9 Å². The second-order valence-corrected chi connectivity index (χ2v) is 13.7. The zero-order valence-corrected chi connectivity index (χ0v) is 27.7. The Balaban J connectivity index is 1.17. The number of nitrogens with zero attached hydrogens (tertiary/aromatic N) is 4. The number of hydrogen-bond donors (Lipinski definition) is 0. The molecule has 0 bridgehead atoms. The normalized spacial score (nSPS) is 11.9. The van der Waals surface area contributed by atoms with Gasteiger partial charge in [0.25, 0.3) is 0 Å². The van der Waals surface area contributed by atoms with Crippen molar-refractivity contribution in [3.63, 3.8) is 0 Å². The molecule has 0 aliphatic carbocycles. The third-order valence-electron chi connectivity index (χ3n) is 9.65. The molecule has 6 nitrogen and oxygen atoms in total. The Labute approximate surface area is 294 Å². The van der Waals surface area contributed by atoms with Crippen molar-refractivity contribution >= 4 is 75.4 Å². The molecule has 0 saturated carbocycles. The Morgan fingerprint density at radius 2 is 1.16 bits per heavy atom. The third-order valence-corrected chi connectivity index (χ3v) is 10.9. The summed E-state index contributed by atoms with van der Waals surface area (Å²) >= 11 is 1.82. The molecule has 0 saturated heterocycles. The molecule has 0 radical (unpaired) electrons. The van der Waals surface area contributed by atoms with Crippen LogP contribution in [0.5, 0.6) is 0 Å². The Kier molecular flexibility index (Phi) is 6.02. The molecule has 0 fully saturated rings. The minimum absolute atomic E-state index is 0.513. The summed E-state index contributed by atoms with van der Waals surface area (Å²) in [5.74, 6) is 1.57. The van der Waals surface area contributed by atoms with Crippen molar-refractivity contribution in [3.8, 4) is 45.3 Å². The lowest BCUT2D eigenvalue weighted by Crippen LogP contribution is -2.00. The average molecular weight is 673 g/mol. The molecule has 6 aromatic carbocycles. The highest BCUT2D eigenvalue weighted by molar-refractivity contribution is 7.26. The highest BCUT2D eigenvalue weighted by Crippen LogP contribution is 2.46. The predicted octanol–water partition coefficient (Wildman–Crippen LogP) is 12.1. The van der Waals surface area contributed by atoms with Crippen molar-refractivity contribution in [3.05, 3.63) is 146 Å². The number of hydrogen-bond acceptors (Lipinski definition) is 7.